The third-order valence-electron chi connectivity index (χ3n) is 2.56. The lowest BCUT2D eigenvalue weighted by Crippen LogP contribution is -2.11. The first-order valence-corrected chi connectivity index (χ1v) is 9.24. The first kappa shape index (κ1) is 17.1. The van der Waals surface area contributed by atoms with Crippen LogP contribution in [0.15, 0.2) is 36.4 Å². The fourth-order valence-corrected chi connectivity index (χ4v) is 5.54. The van der Waals surface area contributed by atoms with Gasteiger partial charge in [-0.15, -0.1) is 0 Å². The molecule has 0 aliphatic heterocycles. The highest BCUT2D eigenvalue weighted by Crippen LogP contribution is 2.29. The Labute approximate surface area is 164 Å². The molecule has 0 radical (unpaired) electrons. The van der Waals surface area contributed by atoms with E-state index >= 15 is 0 Å². The molecule has 0 aliphatic rings. The van der Waals surface area contributed by atoms with Crippen LogP contribution in [0.4, 0.5) is 0 Å². The zero-order chi connectivity index (χ0) is 15.2. The average molecular weight is 617 g/mol. The Hall–Kier alpha value is -0.280. The summed E-state index contributed by atoms with van der Waals surface area (Å²) in [7, 11) is 0. The van der Waals surface area contributed by atoms with Crippen molar-refractivity contribution in [2.45, 2.75) is 0 Å². The number of halogens is 3. The van der Waals surface area contributed by atoms with Crippen LogP contribution in [0, 0.1) is 22.0 Å². The van der Waals surface area contributed by atoms with Crippen LogP contribution in [0.1, 0.15) is 5.56 Å². The van der Waals surface area contributed by atoms with E-state index in [-0.39, 0.29) is 0 Å². The molecule has 0 amide bonds. The van der Waals surface area contributed by atoms with Gasteiger partial charge in [0.2, 0.25) is 0 Å². The van der Waals surface area contributed by atoms with Gasteiger partial charge in [-0.2, -0.15) is 5.26 Å². The molecule has 0 fully saturated rings. The van der Waals surface area contributed by atoms with Crippen molar-refractivity contribution in [1.29, 1.82) is 5.26 Å². The molecule has 3 nitrogen and oxygen atoms in total. The summed E-state index contributed by atoms with van der Waals surface area (Å²) in [5, 5.41) is 8.99. The Balaban J connectivity index is 1.93. The lowest BCUT2D eigenvalue weighted by molar-refractivity contribution is 0.215. The summed E-state index contributed by atoms with van der Waals surface area (Å²) >= 11 is 6.82. The van der Waals surface area contributed by atoms with E-state index in [1.807, 2.05) is 12.1 Å². The van der Waals surface area contributed by atoms with Gasteiger partial charge < -0.3 is 9.47 Å². The van der Waals surface area contributed by atoms with Crippen LogP contribution in [-0.2, 0) is 0 Å². The van der Waals surface area contributed by atoms with Crippen molar-refractivity contribution in [3.8, 4) is 17.6 Å². The topological polar surface area (TPSA) is 42.2 Å². The molecule has 0 spiro atoms. The zero-order valence-electron chi connectivity index (χ0n) is 10.8. The molecule has 0 N–H and O–H groups in total. The molecule has 0 heterocycles. The number of hydrogen-bond acceptors (Lipinski definition) is 3. The van der Waals surface area contributed by atoms with Crippen molar-refractivity contribution in [2.24, 2.45) is 0 Å². The highest BCUT2D eigenvalue weighted by atomic mass is 127. The number of para-hydroxylation sites is 1. The molecule has 0 aromatic heterocycles. The van der Waals surface area contributed by atoms with Crippen molar-refractivity contribution in [3.05, 3.63) is 52.7 Å². The van der Waals surface area contributed by atoms with Crippen LogP contribution in [0.3, 0.4) is 0 Å². The summed E-state index contributed by atoms with van der Waals surface area (Å²) in [6.07, 6.45) is 0. The maximum atomic E-state index is 8.99. The van der Waals surface area contributed by atoms with Gasteiger partial charge in [-0.25, -0.2) is 0 Å². The van der Waals surface area contributed by atoms with Gasteiger partial charge in [-0.3, -0.25) is 0 Å². The smallest absolute Gasteiger partial charge is 0.146 e. The van der Waals surface area contributed by atoms with Crippen LogP contribution in [-0.4, -0.2) is 13.2 Å². The summed E-state index contributed by atoms with van der Waals surface area (Å²) in [6.45, 7) is 0.837. The Morgan fingerprint density at radius 1 is 0.952 bits per heavy atom. The standard InChI is InChI=1S/C15H10I3NO2/c16-11-7-12(17)15(13(18)8-11)21-6-5-20-14-4-2-1-3-10(14)9-19/h1-4,7-8H,5-6H2. The molecule has 0 aliphatic carbocycles. The van der Waals surface area contributed by atoms with Gasteiger partial charge >= 0.3 is 0 Å². The van der Waals surface area contributed by atoms with Gasteiger partial charge in [0.05, 0.1) is 12.7 Å². The van der Waals surface area contributed by atoms with Gasteiger partial charge in [0.15, 0.2) is 0 Å². The lowest BCUT2D eigenvalue weighted by atomic mass is 10.2. The fourth-order valence-electron chi connectivity index (χ4n) is 1.65. The Bertz CT molecular complexity index is 660. The minimum Gasteiger partial charge on any atom is -0.489 e. The second kappa shape index (κ2) is 8.38. The minimum atomic E-state index is 0.400. The van der Waals surface area contributed by atoms with E-state index in [0.717, 1.165) is 12.9 Å². The van der Waals surface area contributed by atoms with Gasteiger partial charge in [0, 0.05) is 3.57 Å². The molecular weight excluding hydrogens is 607 g/mol. The lowest BCUT2D eigenvalue weighted by Gasteiger charge is -2.12. The fraction of sp³-hybridized carbons (Fsp3) is 0.133. The molecule has 108 valence electrons. The summed E-state index contributed by atoms with van der Waals surface area (Å²) in [4.78, 5) is 0. The van der Waals surface area contributed by atoms with E-state index < -0.39 is 0 Å². The Kier molecular flexibility index (Phi) is 6.81. The highest BCUT2D eigenvalue weighted by Gasteiger charge is 2.08. The first-order valence-electron chi connectivity index (χ1n) is 6.01. The largest absolute Gasteiger partial charge is 0.489 e. The zero-order valence-corrected chi connectivity index (χ0v) is 17.2. The van der Waals surface area contributed by atoms with E-state index in [1.54, 1.807) is 12.1 Å². The van der Waals surface area contributed by atoms with Crippen LogP contribution in [0.2, 0.25) is 0 Å². The Morgan fingerprint density at radius 3 is 2.24 bits per heavy atom. The maximum absolute atomic E-state index is 8.99. The molecule has 0 unspecified atom stereocenters. The molecule has 2 aromatic carbocycles. The number of benzene rings is 2. The summed E-state index contributed by atoms with van der Waals surface area (Å²) < 4.78 is 14.7. The monoisotopic (exact) mass is 617 g/mol. The molecule has 0 atom stereocenters. The molecule has 6 heteroatoms. The number of hydrogen-bond donors (Lipinski definition) is 0. The van der Waals surface area contributed by atoms with Gasteiger partial charge in [-0.05, 0) is 92.0 Å². The van der Waals surface area contributed by atoms with E-state index in [0.29, 0.717) is 24.5 Å². The van der Waals surface area contributed by atoms with Crippen LogP contribution >= 0.6 is 67.8 Å². The van der Waals surface area contributed by atoms with Crippen molar-refractivity contribution >= 4 is 67.8 Å². The van der Waals surface area contributed by atoms with Crippen LogP contribution in [0.25, 0.3) is 0 Å². The predicted octanol–water partition coefficient (Wildman–Crippen LogP) is 4.83. The number of ether oxygens (including phenoxy) is 2. The van der Waals surface area contributed by atoms with E-state index in [2.05, 4.69) is 86.0 Å². The summed E-state index contributed by atoms with van der Waals surface area (Å²) in [5.41, 5.74) is 0.538. The van der Waals surface area contributed by atoms with Gasteiger partial charge in [0.1, 0.15) is 30.8 Å². The average Bonchev–Trinajstić information content (AvgIpc) is 2.45. The molecule has 21 heavy (non-hydrogen) atoms. The first-order chi connectivity index (χ1) is 10.1. The van der Waals surface area contributed by atoms with Crippen LogP contribution in [0.5, 0.6) is 11.5 Å². The van der Waals surface area contributed by atoms with Gasteiger partial charge in [-0.1, -0.05) is 12.1 Å². The van der Waals surface area contributed by atoms with E-state index in [1.165, 1.54) is 3.57 Å². The SMILES string of the molecule is N#Cc1ccccc1OCCOc1c(I)cc(I)cc1I. The van der Waals surface area contributed by atoms with Crippen molar-refractivity contribution in [2.75, 3.05) is 13.2 Å². The molecule has 0 saturated carbocycles. The molecule has 0 bridgehead atoms. The second-order valence-electron chi connectivity index (χ2n) is 4.00. The highest BCUT2D eigenvalue weighted by molar-refractivity contribution is 14.1. The van der Waals surface area contributed by atoms with Crippen LogP contribution < -0.4 is 9.47 Å². The summed E-state index contributed by atoms with van der Waals surface area (Å²) in [6, 6.07) is 13.5. The number of nitrogens with zero attached hydrogens (tertiary/aromatic N) is 1. The number of nitriles is 1. The minimum absolute atomic E-state index is 0.400. The predicted molar refractivity (Wildman–Crippen MR) is 107 cm³/mol. The molecule has 2 rings (SSSR count). The quantitative estimate of drug-likeness (QED) is 0.357. The van der Waals surface area contributed by atoms with Crippen molar-refractivity contribution in [3.63, 3.8) is 0 Å². The number of rotatable bonds is 5. The third kappa shape index (κ3) is 4.85. The third-order valence-corrected chi connectivity index (χ3v) is 4.78. The van der Waals surface area contributed by atoms with E-state index in [4.69, 9.17) is 14.7 Å². The Morgan fingerprint density at radius 2 is 1.57 bits per heavy atom. The van der Waals surface area contributed by atoms with E-state index in [9.17, 15) is 0 Å². The molecule has 2 aromatic rings. The maximum Gasteiger partial charge on any atom is 0.146 e. The summed E-state index contributed by atoms with van der Waals surface area (Å²) in [5.74, 6) is 1.48. The molecule has 0 saturated heterocycles. The van der Waals surface area contributed by atoms with Gasteiger partial charge in [0.25, 0.3) is 0 Å². The van der Waals surface area contributed by atoms with Crippen molar-refractivity contribution < 1.29 is 9.47 Å². The second-order valence-corrected chi connectivity index (χ2v) is 7.57. The molecular formula is C15H10I3NO2. The van der Waals surface area contributed by atoms with Crippen molar-refractivity contribution in [1.82, 2.24) is 0 Å². The normalized spacial score (nSPS) is 10.0.